The lowest BCUT2D eigenvalue weighted by atomic mass is 10.2. The summed E-state index contributed by atoms with van der Waals surface area (Å²) in [6.07, 6.45) is 2.04. The van der Waals surface area contributed by atoms with Crippen LogP contribution in [0.5, 0.6) is 0 Å². The van der Waals surface area contributed by atoms with Crippen LogP contribution in [0, 0.1) is 0 Å². The van der Waals surface area contributed by atoms with Crippen molar-refractivity contribution in [1.82, 2.24) is 10.6 Å². The zero-order valence-electron chi connectivity index (χ0n) is 9.12. The van der Waals surface area contributed by atoms with Crippen LogP contribution in [0.25, 0.3) is 0 Å². The van der Waals surface area contributed by atoms with E-state index in [4.69, 9.17) is 4.74 Å². The number of rotatable bonds is 4. The Hall–Kier alpha value is 0.0300. The van der Waals surface area contributed by atoms with Crippen molar-refractivity contribution in [1.29, 1.82) is 0 Å². The molecular formula is C9H19ClN2O2S. The third kappa shape index (κ3) is 5.61. The number of hydrogen-bond acceptors (Lipinski definition) is 4. The van der Waals surface area contributed by atoms with Gasteiger partial charge in [-0.1, -0.05) is 6.92 Å². The molecule has 1 aliphatic heterocycles. The molecule has 90 valence electrons. The molecule has 0 bridgehead atoms. The summed E-state index contributed by atoms with van der Waals surface area (Å²) in [5.74, 6) is 0.0469. The van der Waals surface area contributed by atoms with Gasteiger partial charge in [-0.2, -0.15) is 11.8 Å². The average Bonchev–Trinajstić information content (AvgIpc) is 2.26. The zero-order chi connectivity index (χ0) is 10.4. The van der Waals surface area contributed by atoms with E-state index in [0.717, 1.165) is 13.1 Å². The molecule has 0 spiro atoms. The highest BCUT2D eigenvalue weighted by molar-refractivity contribution is 7.99. The van der Waals surface area contributed by atoms with E-state index in [2.05, 4.69) is 17.6 Å². The Labute approximate surface area is 101 Å². The van der Waals surface area contributed by atoms with Crippen molar-refractivity contribution in [3.05, 3.63) is 0 Å². The van der Waals surface area contributed by atoms with Gasteiger partial charge in [-0.25, -0.2) is 0 Å². The molecule has 1 heterocycles. The maximum absolute atomic E-state index is 11.6. The van der Waals surface area contributed by atoms with Gasteiger partial charge >= 0.3 is 0 Å². The highest BCUT2D eigenvalue weighted by Gasteiger charge is 2.20. The monoisotopic (exact) mass is 254 g/mol. The minimum absolute atomic E-state index is 0. The fourth-order valence-electron chi connectivity index (χ4n) is 1.18. The van der Waals surface area contributed by atoms with Crippen LogP contribution >= 0.6 is 24.2 Å². The van der Waals surface area contributed by atoms with Crippen molar-refractivity contribution in [2.75, 3.05) is 32.6 Å². The molecule has 2 atom stereocenters. The summed E-state index contributed by atoms with van der Waals surface area (Å²) in [5, 5.41) is 6.48. The van der Waals surface area contributed by atoms with Crippen LogP contribution in [0.2, 0.25) is 0 Å². The number of nitrogens with one attached hydrogen (secondary N) is 2. The van der Waals surface area contributed by atoms with Gasteiger partial charge in [0.25, 0.3) is 0 Å². The van der Waals surface area contributed by atoms with Crippen molar-refractivity contribution < 1.29 is 9.53 Å². The van der Waals surface area contributed by atoms with Crippen LogP contribution in [-0.4, -0.2) is 49.8 Å². The van der Waals surface area contributed by atoms with Gasteiger partial charge in [-0.3, -0.25) is 4.79 Å². The zero-order valence-corrected chi connectivity index (χ0v) is 10.7. The fourth-order valence-corrected chi connectivity index (χ4v) is 1.43. The van der Waals surface area contributed by atoms with E-state index in [1.54, 1.807) is 11.8 Å². The molecule has 0 aromatic rings. The number of ether oxygens (including phenoxy) is 1. The van der Waals surface area contributed by atoms with E-state index in [1.807, 2.05) is 6.26 Å². The Balaban J connectivity index is 0.00000196. The summed E-state index contributed by atoms with van der Waals surface area (Å²) in [5.41, 5.74) is 0. The Morgan fingerprint density at radius 2 is 2.47 bits per heavy atom. The molecule has 0 aromatic carbocycles. The molecule has 1 amide bonds. The molecule has 1 saturated heterocycles. The smallest absolute Gasteiger partial charge is 0.239 e. The van der Waals surface area contributed by atoms with Gasteiger partial charge < -0.3 is 15.4 Å². The van der Waals surface area contributed by atoms with Crippen molar-refractivity contribution in [2.45, 2.75) is 18.2 Å². The van der Waals surface area contributed by atoms with E-state index < -0.39 is 0 Å². The first-order valence-corrected chi connectivity index (χ1v) is 6.14. The molecule has 1 fully saturated rings. The fraction of sp³-hybridized carbons (Fsp3) is 0.889. The molecule has 0 aliphatic carbocycles. The van der Waals surface area contributed by atoms with E-state index in [1.165, 1.54) is 0 Å². The van der Waals surface area contributed by atoms with E-state index >= 15 is 0 Å². The number of carbonyl (C=O) groups excluding carboxylic acids is 1. The molecule has 2 N–H and O–H groups in total. The first kappa shape index (κ1) is 15.0. The molecule has 6 heteroatoms. The standard InChI is InChI=1S/C9H18N2O2S.ClH/c1-7(14-2)5-11-9(12)8-6-13-4-3-10-8;/h7-8,10H,3-6H2,1-2H3,(H,11,12);1H. The lowest BCUT2D eigenvalue weighted by Crippen LogP contribution is -2.51. The number of morpholine rings is 1. The topological polar surface area (TPSA) is 50.4 Å². The second kappa shape index (κ2) is 8.21. The molecule has 4 nitrogen and oxygen atoms in total. The SMILES string of the molecule is CSC(C)CNC(=O)C1COCCN1.Cl. The number of thioether (sulfide) groups is 1. The molecule has 0 radical (unpaired) electrons. The van der Waals surface area contributed by atoms with Crippen LogP contribution in [-0.2, 0) is 9.53 Å². The lowest BCUT2D eigenvalue weighted by molar-refractivity contribution is -0.125. The number of carbonyl (C=O) groups is 1. The van der Waals surface area contributed by atoms with Gasteiger partial charge in [-0.05, 0) is 6.26 Å². The Kier molecular flexibility index (Phi) is 8.23. The van der Waals surface area contributed by atoms with Crippen LogP contribution < -0.4 is 10.6 Å². The summed E-state index contributed by atoms with van der Waals surface area (Å²) in [7, 11) is 0. The maximum atomic E-state index is 11.6. The molecule has 2 unspecified atom stereocenters. The highest BCUT2D eigenvalue weighted by Crippen LogP contribution is 2.02. The van der Waals surface area contributed by atoms with Crippen LogP contribution in [0.3, 0.4) is 0 Å². The van der Waals surface area contributed by atoms with E-state index in [9.17, 15) is 4.79 Å². The summed E-state index contributed by atoms with van der Waals surface area (Å²) in [4.78, 5) is 11.6. The van der Waals surface area contributed by atoms with Crippen molar-refractivity contribution in [2.24, 2.45) is 0 Å². The third-order valence-electron chi connectivity index (χ3n) is 2.20. The van der Waals surface area contributed by atoms with E-state index in [0.29, 0.717) is 18.5 Å². The lowest BCUT2D eigenvalue weighted by Gasteiger charge is -2.23. The summed E-state index contributed by atoms with van der Waals surface area (Å²) in [6.45, 7) is 4.76. The Morgan fingerprint density at radius 3 is 3.00 bits per heavy atom. The molecule has 0 saturated carbocycles. The normalized spacial score (nSPS) is 22.7. The summed E-state index contributed by atoms with van der Waals surface area (Å²) >= 11 is 1.75. The van der Waals surface area contributed by atoms with Crippen molar-refractivity contribution >= 4 is 30.1 Å². The minimum Gasteiger partial charge on any atom is -0.378 e. The van der Waals surface area contributed by atoms with Crippen LogP contribution in [0.4, 0.5) is 0 Å². The first-order chi connectivity index (χ1) is 6.74. The second-order valence-electron chi connectivity index (χ2n) is 3.37. The molecule has 15 heavy (non-hydrogen) atoms. The predicted molar refractivity (Wildman–Crippen MR) is 65.8 cm³/mol. The van der Waals surface area contributed by atoms with Gasteiger partial charge in [0, 0.05) is 18.3 Å². The van der Waals surface area contributed by atoms with Gasteiger partial charge in [-0.15, -0.1) is 12.4 Å². The van der Waals surface area contributed by atoms with Crippen LogP contribution in [0.1, 0.15) is 6.92 Å². The predicted octanol–water partition coefficient (Wildman–Crippen LogP) is 0.264. The van der Waals surface area contributed by atoms with Gasteiger partial charge in [0.2, 0.25) is 5.91 Å². The maximum Gasteiger partial charge on any atom is 0.239 e. The number of halogens is 1. The van der Waals surface area contributed by atoms with E-state index in [-0.39, 0.29) is 24.4 Å². The van der Waals surface area contributed by atoms with Crippen LogP contribution in [0.15, 0.2) is 0 Å². The van der Waals surface area contributed by atoms with Crippen molar-refractivity contribution in [3.8, 4) is 0 Å². The summed E-state index contributed by atoms with van der Waals surface area (Å²) in [6, 6.07) is -0.169. The molecule has 0 aromatic heterocycles. The first-order valence-electron chi connectivity index (χ1n) is 4.85. The second-order valence-corrected chi connectivity index (χ2v) is 4.65. The quantitative estimate of drug-likeness (QED) is 0.756. The molecule has 1 aliphatic rings. The number of amides is 1. The Bertz CT molecular complexity index is 189. The molecule has 1 rings (SSSR count). The summed E-state index contributed by atoms with van der Waals surface area (Å²) < 4.78 is 5.21. The average molecular weight is 255 g/mol. The van der Waals surface area contributed by atoms with Gasteiger partial charge in [0.15, 0.2) is 0 Å². The minimum atomic E-state index is -0.169. The van der Waals surface area contributed by atoms with Gasteiger partial charge in [0.05, 0.1) is 13.2 Å². The largest absolute Gasteiger partial charge is 0.378 e. The highest BCUT2D eigenvalue weighted by atomic mass is 35.5. The molecular weight excluding hydrogens is 236 g/mol. The van der Waals surface area contributed by atoms with Crippen molar-refractivity contribution in [3.63, 3.8) is 0 Å². The Morgan fingerprint density at radius 1 is 1.73 bits per heavy atom. The number of hydrogen-bond donors (Lipinski definition) is 2. The third-order valence-corrected chi connectivity index (χ3v) is 3.18. The van der Waals surface area contributed by atoms with Gasteiger partial charge in [0.1, 0.15) is 6.04 Å².